The molecule has 0 aromatic heterocycles. The van der Waals surface area contributed by atoms with Gasteiger partial charge in [-0.2, -0.15) is 0 Å². The van der Waals surface area contributed by atoms with Gasteiger partial charge in [0.25, 0.3) is 0 Å². The van der Waals surface area contributed by atoms with E-state index in [0.717, 1.165) is 18.4 Å². The van der Waals surface area contributed by atoms with E-state index in [1.807, 2.05) is 0 Å². The van der Waals surface area contributed by atoms with Gasteiger partial charge in [0.15, 0.2) is 11.5 Å². The van der Waals surface area contributed by atoms with Crippen molar-refractivity contribution in [2.45, 2.75) is 24.9 Å². The van der Waals surface area contributed by atoms with Crippen molar-refractivity contribution in [2.24, 2.45) is 0 Å². The maximum atomic E-state index is 9.60. The molecule has 0 aliphatic heterocycles. The largest absolute Gasteiger partial charge is 0.504 e. The minimum Gasteiger partial charge on any atom is -0.504 e. The van der Waals surface area contributed by atoms with Gasteiger partial charge < -0.3 is 15.3 Å². The van der Waals surface area contributed by atoms with Crippen LogP contribution in [0, 0.1) is 0 Å². The first-order valence-electron chi connectivity index (χ1n) is 4.32. The standard InChI is InChI=1S/C10H12O3/c11-8-2-1-7(5-9(8)12)6-10(13)3-4-10/h1-2,5,11-13H,3-4,6H2. The van der Waals surface area contributed by atoms with Crippen molar-refractivity contribution in [3.8, 4) is 11.5 Å². The van der Waals surface area contributed by atoms with E-state index in [1.165, 1.54) is 12.1 Å². The van der Waals surface area contributed by atoms with Crippen molar-refractivity contribution in [3.63, 3.8) is 0 Å². The van der Waals surface area contributed by atoms with Crippen LogP contribution >= 0.6 is 0 Å². The molecule has 1 saturated carbocycles. The predicted molar refractivity (Wildman–Crippen MR) is 47.7 cm³/mol. The van der Waals surface area contributed by atoms with E-state index in [-0.39, 0.29) is 11.5 Å². The minimum absolute atomic E-state index is 0.119. The van der Waals surface area contributed by atoms with Crippen LogP contribution in [0.2, 0.25) is 0 Å². The van der Waals surface area contributed by atoms with Gasteiger partial charge in [-0.1, -0.05) is 6.07 Å². The Hall–Kier alpha value is -1.22. The van der Waals surface area contributed by atoms with Crippen LogP contribution in [0.4, 0.5) is 0 Å². The molecule has 0 atom stereocenters. The number of benzene rings is 1. The van der Waals surface area contributed by atoms with E-state index in [1.54, 1.807) is 6.07 Å². The highest BCUT2D eigenvalue weighted by molar-refractivity contribution is 5.41. The predicted octanol–water partition coefficient (Wildman–Crippen LogP) is 1.17. The summed E-state index contributed by atoms with van der Waals surface area (Å²) in [4.78, 5) is 0. The maximum Gasteiger partial charge on any atom is 0.157 e. The molecule has 0 bridgehead atoms. The summed E-state index contributed by atoms with van der Waals surface area (Å²) in [6.07, 6.45) is 2.21. The first-order chi connectivity index (χ1) is 6.09. The third kappa shape index (κ3) is 1.75. The van der Waals surface area contributed by atoms with E-state index in [0.29, 0.717) is 6.42 Å². The highest BCUT2D eigenvalue weighted by Crippen LogP contribution is 2.39. The summed E-state index contributed by atoms with van der Waals surface area (Å²) in [6.45, 7) is 0. The third-order valence-electron chi connectivity index (χ3n) is 2.40. The Balaban J connectivity index is 2.17. The molecule has 3 nitrogen and oxygen atoms in total. The highest BCUT2D eigenvalue weighted by atomic mass is 16.3. The molecule has 0 spiro atoms. The molecule has 0 radical (unpaired) electrons. The Morgan fingerprint density at radius 3 is 2.38 bits per heavy atom. The second-order valence-electron chi connectivity index (χ2n) is 3.72. The quantitative estimate of drug-likeness (QED) is 0.598. The molecule has 1 aromatic rings. The van der Waals surface area contributed by atoms with Crippen LogP contribution in [0.15, 0.2) is 18.2 Å². The van der Waals surface area contributed by atoms with Crippen LogP contribution in [0.5, 0.6) is 11.5 Å². The van der Waals surface area contributed by atoms with Crippen LogP contribution < -0.4 is 0 Å². The van der Waals surface area contributed by atoms with Gasteiger partial charge in [0, 0.05) is 6.42 Å². The average molecular weight is 180 g/mol. The van der Waals surface area contributed by atoms with Crippen molar-refractivity contribution < 1.29 is 15.3 Å². The molecule has 70 valence electrons. The molecule has 0 heterocycles. The number of rotatable bonds is 2. The Kier molecular flexibility index (Phi) is 1.70. The highest BCUT2D eigenvalue weighted by Gasteiger charge is 2.40. The van der Waals surface area contributed by atoms with Crippen molar-refractivity contribution in [1.29, 1.82) is 0 Å². The lowest BCUT2D eigenvalue weighted by Crippen LogP contribution is -2.10. The summed E-state index contributed by atoms with van der Waals surface area (Å²) in [5.74, 6) is -0.242. The van der Waals surface area contributed by atoms with Gasteiger partial charge in [-0.3, -0.25) is 0 Å². The summed E-state index contributed by atoms with van der Waals surface area (Å²) in [7, 11) is 0. The van der Waals surface area contributed by atoms with Gasteiger partial charge in [-0.25, -0.2) is 0 Å². The minimum atomic E-state index is -0.552. The normalized spacial score (nSPS) is 18.5. The molecule has 3 N–H and O–H groups in total. The van der Waals surface area contributed by atoms with E-state index in [2.05, 4.69) is 0 Å². The van der Waals surface area contributed by atoms with Crippen LogP contribution in [-0.2, 0) is 6.42 Å². The second kappa shape index (κ2) is 2.64. The van der Waals surface area contributed by atoms with E-state index in [9.17, 15) is 10.2 Å². The van der Waals surface area contributed by atoms with E-state index < -0.39 is 5.60 Å². The molecule has 0 saturated heterocycles. The summed E-state index contributed by atoms with van der Waals surface area (Å²) in [6, 6.07) is 4.65. The summed E-state index contributed by atoms with van der Waals surface area (Å²) in [5, 5.41) is 27.8. The lowest BCUT2D eigenvalue weighted by molar-refractivity contribution is 0.151. The zero-order valence-electron chi connectivity index (χ0n) is 7.20. The number of hydrogen-bond acceptors (Lipinski definition) is 3. The van der Waals surface area contributed by atoms with Gasteiger partial charge in [0.1, 0.15) is 0 Å². The second-order valence-corrected chi connectivity index (χ2v) is 3.72. The van der Waals surface area contributed by atoms with Gasteiger partial charge in [-0.15, -0.1) is 0 Å². The number of phenols is 2. The summed E-state index contributed by atoms with van der Waals surface area (Å²) < 4.78 is 0. The smallest absolute Gasteiger partial charge is 0.157 e. The Labute approximate surface area is 76.3 Å². The van der Waals surface area contributed by atoms with Gasteiger partial charge in [0.2, 0.25) is 0 Å². The van der Waals surface area contributed by atoms with Gasteiger partial charge >= 0.3 is 0 Å². The zero-order valence-corrected chi connectivity index (χ0v) is 7.20. The lowest BCUT2D eigenvalue weighted by Gasteiger charge is -2.07. The van der Waals surface area contributed by atoms with Crippen LogP contribution in [0.1, 0.15) is 18.4 Å². The fourth-order valence-corrected chi connectivity index (χ4v) is 1.38. The van der Waals surface area contributed by atoms with E-state index >= 15 is 0 Å². The molecular formula is C10H12O3. The number of aromatic hydroxyl groups is 2. The summed E-state index contributed by atoms with van der Waals surface area (Å²) >= 11 is 0. The molecule has 1 fully saturated rings. The van der Waals surface area contributed by atoms with Gasteiger partial charge in [0.05, 0.1) is 5.60 Å². The monoisotopic (exact) mass is 180 g/mol. The van der Waals surface area contributed by atoms with Crippen molar-refractivity contribution in [3.05, 3.63) is 23.8 Å². The fourth-order valence-electron chi connectivity index (χ4n) is 1.38. The number of hydrogen-bond donors (Lipinski definition) is 3. The Bertz CT molecular complexity index is 329. The first kappa shape index (κ1) is 8.38. The number of aliphatic hydroxyl groups is 1. The van der Waals surface area contributed by atoms with Gasteiger partial charge in [-0.05, 0) is 30.5 Å². The molecular weight excluding hydrogens is 168 g/mol. The van der Waals surface area contributed by atoms with Crippen LogP contribution in [0.3, 0.4) is 0 Å². The third-order valence-corrected chi connectivity index (χ3v) is 2.40. The molecule has 1 aromatic carbocycles. The Morgan fingerprint density at radius 1 is 1.15 bits per heavy atom. The maximum absolute atomic E-state index is 9.60. The molecule has 3 heteroatoms. The van der Waals surface area contributed by atoms with Crippen molar-refractivity contribution in [1.82, 2.24) is 0 Å². The molecule has 0 amide bonds. The summed E-state index contributed by atoms with van der Waals surface area (Å²) in [5.41, 5.74) is 0.305. The number of phenolic OH excluding ortho intramolecular Hbond substituents is 2. The lowest BCUT2D eigenvalue weighted by atomic mass is 10.1. The van der Waals surface area contributed by atoms with Crippen molar-refractivity contribution >= 4 is 0 Å². The van der Waals surface area contributed by atoms with Crippen LogP contribution in [0.25, 0.3) is 0 Å². The van der Waals surface area contributed by atoms with Crippen LogP contribution in [-0.4, -0.2) is 20.9 Å². The molecule has 13 heavy (non-hydrogen) atoms. The first-order valence-corrected chi connectivity index (χ1v) is 4.32. The molecule has 2 rings (SSSR count). The molecule has 1 aliphatic rings. The SMILES string of the molecule is Oc1ccc(CC2(O)CC2)cc1O. The average Bonchev–Trinajstić information content (AvgIpc) is 2.76. The zero-order chi connectivity index (χ0) is 9.47. The Morgan fingerprint density at radius 2 is 1.85 bits per heavy atom. The molecule has 1 aliphatic carbocycles. The fraction of sp³-hybridized carbons (Fsp3) is 0.400. The van der Waals surface area contributed by atoms with E-state index in [4.69, 9.17) is 5.11 Å². The topological polar surface area (TPSA) is 60.7 Å². The van der Waals surface area contributed by atoms with Crippen molar-refractivity contribution in [2.75, 3.05) is 0 Å². The molecule has 0 unspecified atom stereocenters.